The summed E-state index contributed by atoms with van der Waals surface area (Å²) < 4.78 is 24.2. The summed E-state index contributed by atoms with van der Waals surface area (Å²) in [5.74, 6) is -0.661. The van der Waals surface area contributed by atoms with Gasteiger partial charge in [-0.2, -0.15) is 0 Å². The van der Waals surface area contributed by atoms with E-state index in [2.05, 4.69) is 15.9 Å². The van der Waals surface area contributed by atoms with Crippen LogP contribution >= 0.6 is 15.9 Å². The zero-order chi connectivity index (χ0) is 12.5. The Morgan fingerprint density at radius 2 is 2.29 bits per heavy atom. The molecule has 3 nitrogen and oxygen atoms in total. The Bertz CT molecular complexity index is 443. The van der Waals surface area contributed by atoms with Gasteiger partial charge in [0.25, 0.3) is 0 Å². The van der Waals surface area contributed by atoms with Gasteiger partial charge in [0.05, 0.1) is 20.3 Å². The summed E-state index contributed by atoms with van der Waals surface area (Å²) in [5, 5.41) is 0. The van der Waals surface area contributed by atoms with E-state index in [1.807, 2.05) is 0 Å². The van der Waals surface area contributed by atoms with Gasteiger partial charge in [0, 0.05) is 4.47 Å². The van der Waals surface area contributed by atoms with Crippen LogP contribution in [0.2, 0.25) is 0 Å². The van der Waals surface area contributed by atoms with Crippen LogP contribution in [0.15, 0.2) is 22.7 Å². The summed E-state index contributed by atoms with van der Waals surface area (Å²) in [5.41, 5.74) is -0.232. The van der Waals surface area contributed by atoms with E-state index in [4.69, 9.17) is 9.47 Å². The largest absolute Gasteiger partial charge is 0.468 e. The SMILES string of the molecule is COC(=O)C1(Cc2cc(Br)ccc2F)COC1. The summed E-state index contributed by atoms with van der Waals surface area (Å²) in [7, 11) is 1.33. The van der Waals surface area contributed by atoms with Crippen molar-refractivity contribution < 1.29 is 18.7 Å². The fourth-order valence-electron chi connectivity index (χ4n) is 1.90. The number of rotatable bonds is 3. The van der Waals surface area contributed by atoms with E-state index in [1.165, 1.54) is 13.2 Å². The number of halogens is 2. The highest BCUT2D eigenvalue weighted by Crippen LogP contribution is 2.34. The van der Waals surface area contributed by atoms with Crippen molar-refractivity contribution in [3.8, 4) is 0 Å². The first kappa shape index (κ1) is 12.5. The molecule has 0 aromatic heterocycles. The molecule has 0 atom stereocenters. The Balaban J connectivity index is 2.24. The topological polar surface area (TPSA) is 35.5 Å². The quantitative estimate of drug-likeness (QED) is 0.804. The number of hydrogen-bond donors (Lipinski definition) is 0. The second kappa shape index (κ2) is 4.74. The van der Waals surface area contributed by atoms with Crippen molar-refractivity contribution in [3.05, 3.63) is 34.1 Å². The fraction of sp³-hybridized carbons (Fsp3) is 0.417. The van der Waals surface area contributed by atoms with Crippen LogP contribution in [0.3, 0.4) is 0 Å². The van der Waals surface area contributed by atoms with Gasteiger partial charge in [0.1, 0.15) is 11.2 Å². The molecule has 0 bridgehead atoms. The maximum absolute atomic E-state index is 13.6. The molecule has 5 heteroatoms. The molecule has 0 saturated carbocycles. The summed E-state index contributed by atoms with van der Waals surface area (Å²) in [6, 6.07) is 4.68. The minimum atomic E-state index is -0.726. The van der Waals surface area contributed by atoms with Gasteiger partial charge in [-0.1, -0.05) is 15.9 Å². The van der Waals surface area contributed by atoms with Gasteiger partial charge in [-0.25, -0.2) is 4.39 Å². The molecule has 0 radical (unpaired) electrons. The molecule has 1 aliphatic heterocycles. The first-order valence-corrected chi connectivity index (χ1v) is 5.97. The molecule has 0 unspecified atom stereocenters. The van der Waals surface area contributed by atoms with E-state index >= 15 is 0 Å². The van der Waals surface area contributed by atoms with Crippen molar-refractivity contribution in [2.24, 2.45) is 5.41 Å². The first-order chi connectivity index (χ1) is 8.07. The van der Waals surface area contributed by atoms with Crippen LogP contribution in [0.4, 0.5) is 4.39 Å². The molecule has 17 heavy (non-hydrogen) atoms. The van der Waals surface area contributed by atoms with Crippen LogP contribution in [-0.2, 0) is 20.7 Å². The maximum Gasteiger partial charge on any atom is 0.316 e. The van der Waals surface area contributed by atoms with Crippen LogP contribution in [0.1, 0.15) is 5.56 Å². The number of carbonyl (C=O) groups is 1. The van der Waals surface area contributed by atoms with Gasteiger partial charge in [0.2, 0.25) is 0 Å². The summed E-state index contributed by atoms with van der Waals surface area (Å²) >= 11 is 3.28. The highest BCUT2D eigenvalue weighted by molar-refractivity contribution is 9.10. The van der Waals surface area contributed by atoms with Crippen LogP contribution in [-0.4, -0.2) is 26.3 Å². The van der Waals surface area contributed by atoms with E-state index in [9.17, 15) is 9.18 Å². The molecule has 1 aromatic carbocycles. The second-order valence-corrected chi connectivity index (χ2v) is 5.09. The predicted octanol–water partition coefficient (Wildman–Crippen LogP) is 2.32. The third kappa shape index (κ3) is 2.35. The first-order valence-electron chi connectivity index (χ1n) is 5.17. The number of esters is 1. The summed E-state index contributed by atoms with van der Waals surface area (Å²) in [6.07, 6.45) is 0.297. The molecule has 92 valence electrons. The highest BCUT2D eigenvalue weighted by Gasteiger charge is 2.47. The molecule has 0 amide bonds. The van der Waals surface area contributed by atoms with Crippen molar-refractivity contribution in [2.45, 2.75) is 6.42 Å². The third-order valence-corrected chi connectivity index (χ3v) is 3.40. The van der Waals surface area contributed by atoms with Crippen LogP contribution in [0.5, 0.6) is 0 Å². The lowest BCUT2D eigenvalue weighted by Gasteiger charge is -2.38. The Morgan fingerprint density at radius 1 is 1.59 bits per heavy atom. The molecule has 1 aromatic rings. The summed E-state index contributed by atoms with van der Waals surface area (Å²) in [6.45, 7) is 0.567. The molecule has 1 fully saturated rings. The zero-order valence-electron chi connectivity index (χ0n) is 9.33. The van der Waals surface area contributed by atoms with Crippen molar-refractivity contribution >= 4 is 21.9 Å². The number of methoxy groups -OCH3 is 1. The normalized spacial score (nSPS) is 17.4. The second-order valence-electron chi connectivity index (χ2n) is 4.18. The highest BCUT2D eigenvalue weighted by atomic mass is 79.9. The van der Waals surface area contributed by atoms with Crippen LogP contribution < -0.4 is 0 Å². The minimum Gasteiger partial charge on any atom is -0.468 e. The van der Waals surface area contributed by atoms with Gasteiger partial charge in [-0.05, 0) is 30.2 Å². The van der Waals surface area contributed by atoms with Crippen molar-refractivity contribution in [1.82, 2.24) is 0 Å². The standard InChI is InChI=1S/C12H12BrFO3/c1-16-11(15)12(6-17-7-12)5-8-4-9(13)2-3-10(8)14/h2-4H,5-7H2,1H3. The summed E-state index contributed by atoms with van der Waals surface area (Å²) in [4.78, 5) is 11.7. The van der Waals surface area contributed by atoms with Gasteiger partial charge >= 0.3 is 5.97 Å². The van der Waals surface area contributed by atoms with Crippen LogP contribution in [0.25, 0.3) is 0 Å². The molecule has 0 aliphatic carbocycles. The molecule has 1 saturated heterocycles. The van der Waals surface area contributed by atoms with E-state index in [1.54, 1.807) is 12.1 Å². The van der Waals surface area contributed by atoms with Crippen molar-refractivity contribution in [2.75, 3.05) is 20.3 Å². The molecule has 0 N–H and O–H groups in total. The molecule has 2 rings (SSSR count). The molecule has 1 aliphatic rings. The molecule has 1 heterocycles. The van der Waals surface area contributed by atoms with Gasteiger partial charge in [0.15, 0.2) is 0 Å². The number of benzene rings is 1. The van der Waals surface area contributed by atoms with E-state index in [0.29, 0.717) is 12.0 Å². The van der Waals surface area contributed by atoms with E-state index < -0.39 is 5.41 Å². The minimum absolute atomic E-state index is 0.283. The lowest BCUT2D eigenvalue weighted by atomic mass is 9.79. The Morgan fingerprint density at radius 3 is 2.82 bits per heavy atom. The van der Waals surface area contributed by atoms with E-state index in [0.717, 1.165) is 4.47 Å². The van der Waals surface area contributed by atoms with Crippen molar-refractivity contribution in [1.29, 1.82) is 0 Å². The van der Waals surface area contributed by atoms with E-state index in [-0.39, 0.29) is 25.0 Å². The number of hydrogen-bond acceptors (Lipinski definition) is 3. The Kier molecular flexibility index (Phi) is 3.49. The van der Waals surface area contributed by atoms with Crippen molar-refractivity contribution in [3.63, 3.8) is 0 Å². The molecular weight excluding hydrogens is 291 g/mol. The number of ether oxygens (including phenoxy) is 2. The van der Waals surface area contributed by atoms with Gasteiger partial charge < -0.3 is 9.47 Å². The number of carbonyl (C=O) groups excluding carboxylic acids is 1. The molecular formula is C12H12BrFO3. The Labute approximate surface area is 107 Å². The fourth-order valence-corrected chi connectivity index (χ4v) is 2.31. The molecule has 0 spiro atoms. The third-order valence-electron chi connectivity index (χ3n) is 2.91. The predicted molar refractivity (Wildman–Crippen MR) is 63.1 cm³/mol. The monoisotopic (exact) mass is 302 g/mol. The van der Waals surface area contributed by atoms with Gasteiger partial charge in [-0.3, -0.25) is 4.79 Å². The lowest BCUT2D eigenvalue weighted by Crippen LogP contribution is -2.51. The Hall–Kier alpha value is -0.940. The zero-order valence-corrected chi connectivity index (χ0v) is 10.9. The smallest absolute Gasteiger partial charge is 0.316 e. The lowest BCUT2D eigenvalue weighted by molar-refractivity contribution is -0.183. The average molecular weight is 303 g/mol. The van der Waals surface area contributed by atoms with Gasteiger partial charge in [-0.15, -0.1) is 0 Å². The van der Waals surface area contributed by atoms with Crippen LogP contribution in [0, 0.1) is 11.2 Å². The average Bonchev–Trinajstić information content (AvgIpc) is 2.27. The maximum atomic E-state index is 13.6.